The Bertz CT molecular complexity index is 426. The lowest BCUT2D eigenvalue weighted by atomic mass is 10.0. The SMILES string of the molecule is C=C/C=C(C(\C)=C/C)/C(Cl)=C(\C=C)C(=O)OCC. The lowest BCUT2D eigenvalue weighted by Crippen LogP contribution is -2.08. The van der Waals surface area contributed by atoms with Gasteiger partial charge in [-0.25, -0.2) is 4.79 Å². The first-order valence-corrected chi connectivity index (χ1v) is 6.06. The quantitative estimate of drug-likeness (QED) is 0.407. The van der Waals surface area contributed by atoms with Crippen molar-refractivity contribution in [3.05, 3.63) is 59.2 Å². The van der Waals surface area contributed by atoms with Gasteiger partial charge in [-0.05, 0) is 31.9 Å². The first-order valence-electron chi connectivity index (χ1n) is 5.69. The molecule has 0 radical (unpaired) electrons. The molecule has 0 amide bonds. The standard InChI is InChI=1S/C15H19ClO2/c1-6-10-13(11(5)7-2)14(16)12(8-3)15(17)18-9-4/h6-8,10H,1,3,9H2,2,4-5H3/b11-7-,13-10+,14-12-. The summed E-state index contributed by atoms with van der Waals surface area (Å²) in [6, 6.07) is 0. The fourth-order valence-corrected chi connectivity index (χ4v) is 1.63. The summed E-state index contributed by atoms with van der Waals surface area (Å²) in [6.45, 7) is 13.1. The van der Waals surface area contributed by atoms with Gasteiger partial charge in [0.05, 0.1) is 17.2 Å². The maximum Gasteiger partial charge on any atom is 0.339 e. The molecule has 0 aromatic heterocycles. The number of ether oxygens (including phenoxy) is 1. The first kappa shape index (κ1) is 16.5. The minimum Gasteiger partial charge on any atom is -0.462 e. The van der Waals surface area contributed by atoms with Crippen LogP contribution in [0.4, 0.5) is 0 Å². The van der Waals surface area contributed by atoms with Crippen LogP contribution in [0.3, 0.4) is 0 Å². The van der Waals surface area contributed by atoms with Gasteiger partial charge in [-0.2, -0.15) is 0 Å². The molecule has 0 saturated carbocycles. The maximum absolute atomic E-state index is 11.7. The van der Waals surface area contributed by atoms with Crippen LogP contribution < -0.4 is 0 Å². The predicted octanol–water partition coefficient (Wildman–Crippen LogP) is 4.31. The largest absolute Gasteiger partial charge is 0.462 e. The van der Waals surface area contributed by atoms with E-state index < -0.39 is 5.97 Å². The molecule has 0 atom stereocenters. The molecule has 0 heterocycles. The number of allylic oxidation sites excluding steroid dienone is 6. The Balaban J connectivity index is 5.69. The van der Waals surface area contributed by atoms with E-state index in [2.05, 4.69) is 13.2 Å². The van der Waals surface area contributed by atoms with Gasteiger partial charge >= 0.3 is 5.97 Å². The highest BCUT2D eigenvalue weighted by atomic mass is 35.5. The van der Waals surface area contributed by atoms with Crippen molar-refractivity contribution in [2.45, 2.75) is 20.8 Å². The van der Waals surface area contributed by atoms with Crippen LogP contribution in [0.1, 0.15) is 20.8 Å². The molecule has 0 N–H and O–H groups in total. The zero-order chi connectivity index (χ0) is 14.1. The molecule has 0 aliphatic carbocycles. The third kappa shape index (κ3) is 4.38. The van der Waals surface area contributed by atoms with Crippen molar-refractivity contribution in [2.24, 2.45) is 0 Å². The highest BCUT2D eigenvalue weighted by Crippen LogP contribution is 2.27. The summed E-state index contributed by atoms with van der Waals surface area (Å²) < 4.78 is 4.93. The third-order valence-corrected chi connectivity index (χ3v) is 2.72. The number of carbonyl (C=O) groups is 1. The molecule has 0 bridgehead atoms. The second-order valence-electron chi connectivity index (χ2n) is 3.44. The van der Waals surface area contributed by atoms with Crippen LogP contribution in [0.15, 0.2) is 59.2 Å². The minimum atomic E-state index is -0.476. The van der Waals surface area contributed by atoms with Gasteiger partial charge in [-0.3, -0.25) is 0 Å². The van der Waals surface area contributed by atoms with Crippen molar-refractivity contribution >= 4 is 17.6 Å². The Morgan fingerprint density at radius 1 is 1.39 bits per heavy atom. The normalized spacial score (nSPS) is 13.8. The Morgan fingerprint density at radius 2 is 2.00 bits per heavy atom. The molecule has 2 nitrogen and oxygen atoms in total. The number of esters is 1. The topological polar surface area (TPSA) is 26.3 Å². The van der Waals surface area contributed by atoms with E-state index in [1.165, 1.54) is 6.08 Å². The second kappa shape index (κ2) is 8.54. The average Bonchev–Trinajstić information content (AvgIpc) is 2.36. The molecule has 0 aromatic carbocycles. The van der Waals surface area contributed by atoms with Gasteiger partial charge in [-0.1, -0.05) is 49.1 Å². The van der Waals surface area contributed by atoms with Crippen LogP contribution >= 0.6 is 11.6 Å². The van der Waals surface area contributed by atoms with Gasteiger partial charge in [0.15, 0.2) is 0 Å². The van der Waals surface area contributed by atoms with Crippen molar-refractivity contribution in [2.75, 3.05) is 6.61 Å². The smallest absolute Gasteiger partial charge is 0.339 e. The summed E-state index contributed by atoms with van der Waals surface area (Å²) in [5.41, 5.74) is 1.94. The van der Waals surface area contributed by atoms with Gasteiger partial charge in [0, 0.05) is 0 Å². The van der Waals surface area contributed by atoms with Gasteiger partial charge in [0.1, 0.15) is 0 Å². The zero-order valence-electron chi connectivity index (χ0n) is 11.1. The monoisotopic (exact) mass is 266 g/mol. The van der Waals surface area contributed by atoms with Gasteiger partial charge in [0.2, 0.25) is 0 Å². The summed E-state index contributed by atoms with van der Waals surface area (Å²) >= 11 is 6.25. The van der Waals surface area contributed by atoms with E-state index in [9.17, 15) is 4.79 Å². The number of hydrogen-bond acceptors (Lipinski definition) is 2. The molecular weight excluding hydrogens is 248 g/mol. The van der Waals surface area contributed by atoms with Gasteiger partial charge in [0.25, 0.3) is 0 Å². The number of halogens is 1. The van der Waals surface area contributed by atoms with E-state index in [0.29, 0.717) is 11.6 Å². The van der Waals surface area contributed by atoms with Crippen LogP contribution in [0, 0.1) is 0 Å². The molecule has 0 spiro atoms. The number of carbonyl (C=O) groups excluding carboxylic acids is 1. The molecule has 0 aromatic rings. The summed E-state index contributed by atoms with van der Waals surface area (Å²) in [6.07, 6.45) is 6.68. The zero-order valence-corrected chi connectivity index (χ0v) is 11.9. The molecule has 0 fully saturated rings. The van der Waals surface area contributed by atoms with Crippen molar-refractivity contribution in [3.8, 4) is 0 Å². The van der Waals surface area contributed by atoms with Crippen molar-refractivity contribution in [3.63, 3.8) is 0 Å². The van der Waals surface area contributed by atoms with Crippen molar-refractivity contribution < 1.29 is 9.53 Å². The van der Waals surface area contributed by atoms with Crippen LogP contribution in [0.5, 0.6) is 0 Å². The Labute approximate surface area is 114 Å². The molecule has 0 rings (SSSR count). The summed E-state index contributed by atoms with van der Waals surface area (Å²) in [5.74, 6) is -0.476. The third-order valence-electron chi connectivity index (χ3n) is 2.31. The Kier molecular flexibility index (Phi) is 7.81. The molecule has 0 saturated heterocycles. The lowest BCUT2D eigenvalue weighted by molar-refractivity contribution is -0.138. The highest BCUT2D eigenvalue weighted by Gasteiger charge is 2.15. The van der Waals surface area contributed by atoms with Crippen LogP contribution in [0.25, 0.3) is 0 Å². The first-order chi connectivity index (χ1) is 8.53. The van der Waals surface area contributed by atoms with Gasteiger partial charge in [-0.15, -0.1) is 0 Å². The van der Waals surface area contributed by atoms with E-state index in [1.807, 2.05) is 19.9 Å². The molecule has 0 unspecified atom stereocenters. The van der Waals surface area contributed by atoms with E-state index in [1.54, 1.807) is 19.1 Å². The Morgan fingerprint density at radius 3 is 2.39 bits per heavy atom. The number of rotatable bonds is 6. The molecule has 3 heteroatoms. The van der Waals surface area contributed by atoms with Crippen LogP contribution in [0.2, 0.25) is 0 Å². The number of hydrogen-bond donors (Lipinski definition) is 0. The Hall–Kier alpha value is -1.54. The average molecular weight is 267 g/mol. The molecule has 18 heavy (non-hydrogen) atoms. The van der Waals surface area contributed by atoms with Crippen molar-refractivity contribution in [1.29, 1.82) is 0 Å². The lowest BCUT2D eigenvalue weighted by Gasteiger charge is -2.10. The maximum atomic E-state index is 11.7. The van der Waals surface area contributed by atoms with Crippen LogP contribution in [-0.4, -0.2) is 12.6 Å². The minimum absolute atomic E-state index is 0.257. The molecule has 98 valence electrons. The highest BCUT2D eigenvalue weighted by molar-refractivity contribution is 6.35. The van der Waals surface area contributed by atoms with E-state index in [0.717, 1.165) is 11.1 Å². The van der Waals surface area contributed by atoms with E-state index >= 15 is 0 Å². The summed E-state index contributed by atoms with van der Waals surface area (Å²) in [4.78, 5) is 11.7. The van der Waals surface area contributed by atoms with E-state index in [4.69, 9.17) is 16.3 Å². The predicted molar refractivity (Wildman–Crippen MR) is 77.4 cm³/mol. The second-order valence-corrected chi connectivity index (χ2v) is 3.82. The van der Waals surface area contributed by atoms with Gasteiger partial charge < -0.3 is 4.74 Å². The summed E-state index contributed by atoms with van der Waals surface area (Å²) in [7, 11) is 0. The molecule has 0 aliphatic heterocycles. The van der Waals surface area contributed by atoms with Crippen molar-refractivity contribution in [1.82, 2.24) is 0 Å². The fraction of sp³-hybridized carbons (Fsp3) is 0.267. The molecule has 0 aliphatic rings. The van der Waals surface area contributed by atoms with E-state index in [-0.39, 0.29) is 5.57 Å². The fourth-order valence-electron chi connectivity index (χ4n) is 1.27. The molecular formula is C15H19ClO2. The summed E-state index contributed by atoms with van der Waals surface area (Å²) in [5, 5.41) is 0.318. The van der Waals surface area contributed by atoms with Crippen LogP contribution in [-0.2, 0) is 9.53 Å².